The first-order valence-corrected chi connectivity index (χ1v) is 7.17. The van der Waals surface area contributed by atoms with Gasteiger partial charge >= 0.3 is 16.2 Å². The molecular weight excluding hydrogens is 273 g/mol. The SMILES string of the molecule is COC(=O)[C@]1(CCCCl)C[C@@H](S(=O)(=O)F)CN1. The molecule has 0 aromatic heterocycles. The van der Waals surface area contributed by atoms with Gasteiger partial charge in [-0.1, -0.05) is 0 Å². The maximum absolute atomic E-state index is 12.9. The summed E-state index contributed by atoms with van der Waals surface area (Å²) in [5.41, 5.74) is -1.13. The summed E-state index contributed by atoms with van der Waals surface area (Å²) in [5, 5.41) is 1.56. The fourth-order valence-corrected chi connectivity index (χ4v) is 2.95. The molecule has 1 rings (SSSR count). The molecule has 2 atom stereocenters. The van der Waals surface area contributed by atoms with Crippen LogP contribution in [0.2, 0.25) is 0 Å². The third-order valence-electron chi connectivity index (χ3n) is 2.96. The summed E-state index contributed by atoms with van der Waals surface area (Å²) in [7, 11) is -3.43. The zero-order valence-corrected chi connectivity index (χ0v) is 11.0. The summed E-state index contributed by atoms with van der Waals surface area (Å²) in [6.07, 6.45) is 0.729. The largest absolute Gasteiger partial charge is 0.468 e. The van der Waals surface area contributed by atoms with E-state index in [2.05, 4.69) is 10.1 Å². The number of ether oxygens (including phenoxy) is 1. The quantitative estimate of drug-likeness (QED) is 0.455. The van der Waals surface area contributed by atoms with Gasteiger partial charge in [0.05, 0.1) is 7.11 Å². The molecule has 5 nitrogen and oxygen atoms in total. The van der Waals surface area contributed by atoms with Gasteiger partial charge in [0.1, 0.15) is 10.8 Å². The lowest BCUT2D eigenvalue weighted by Crippen LogP contribution is -2.48. The second-order valence-corrected chi connectivity index (χ2v) is 6.04. The van der Waals surface area contributed by atoms with Crippen LogP contribution in [-0.4, -0.2) is 44.7 Å². The Kier molecular flexibility index (Phi) is 4.74. The smallest absolute Gasteiger partial charge is 0.326 e. The van der Waals surface area contributed by atoms with Crippen LogP contribution >= 0.6 is 11.6 Å². The van der Waals surface area contributed by atoms with E-state index >= 15 is 0 Å². The number of hydrogen-bond donors (Lipinski definition) is 1. The molecule has 0 aromatic rings. The van der Waals surface area contributed by atoms with Crippen molar-refractivity contribution in [2.24, 2.45) is 0 Å². The van der Waals surface area contributed by atoms with E-state index in [1.165, 1.54) is 7.11 Å². The summed E-state index contributed by atoms with van der Waals surface area (Å²) < 4.78 is 39.2. The molecular formula is C9H15ClFNO4S. The highest BCUT2D eigenvalue weighted by atomic mass is 35.5. The Labute approximate surface area is 105 Å². The van der Waals surface area contributed by atoms with Crippen molar-refractivity contribution in [3.63, 3.8) is 0 Å². The Morgan fingerprint density at radius 2 is 2.29 bits per heavy atom. The number of alkyl halides is 1. The molecule has 1 saturated heterocycles. The van der Waals surface area contributed by atoms with E-state index in [1.807, 2.05) is 0 Å². The third-order valence-corrected chi connectivity index (χ3v) is 4.35. The van der Waals surface area contributed by atoms with Crippen LogP contribution < -0.4 is 5.32 Å². The van der Waals surface area contributed by atoms with Gasteiger partial charge in [-0.3, -0.25) is 4.79 Å². The van der Waals surface area contributed by atoms with Gasteiger partial charge in [-0.25, -0.2) is 0 Å². The Morgan fingerprint density at radius 3 is 2.71 bits per heavy atom. The average Bonchev–Trinajstić information content (AvgIpc) is 2.70. The van der Waals surface area contributed by atoms with E-state index in [0.29, 0.717) is 18.7 Å². The van der Waals surface area contributed by atoms with Crippen molar-refractivity contribution in [1.82, 2.24) is 5.32 Å². The second kappa shape index (κ2) is 5.49. The van der Waals surface area contributed by atoms with Gasteiger partial charge in [0.25, 0.3) is 0 Å². The Hall–Kier alpha value is -0.400. The van der Waals surface area contributed by atoms with Crippen LogP contribution in [0, 0.1) is 0 Å². The molecule has 1 aliphatic heterocycles. The molecule has 0 saturated carbocycles. The van der Waals surface area contributed by atoms with Crippen molar-refractivity contribution in [3.8, 4) is 0 Å². The molecule has 1 heterocycles. The minimum absolute atomic E-state index is 0.0871. The van der Waals surface area contributed by atoms with Crippen LogP contribution in [0.15, 0.2) is 0 Å². The van der Waals surface area contributed by atoms with E-state index < -0.39 is 27.0 Å². The molecule has 1 fully saturated rings. The predicted octanol–water partition coefficient (Wildman–Crippen LogP) is 0.578. The third kappa shape index (κ3) is 3.29. The fraction of sp³-hybridized carbons (Fsp3) is 0.889. The van der Waals surface area contributed by atoms with Gasteiger partial charge in [0.15, 0.2) is 0 Å². The molecule has 1 N–H and O–H groups in total. The van der Waals surface area contributed by atoms with Gasteiger partial charge in [-0.05, 0) is 19.3 Å². The lowest BCUT2D eigenvalue weighted by atomic mass is 9.92. The summed E-state index contributed by atoms with van der Waals surface area (Å²) in [4.78, 5) is 11.7. The Balaban J connectivity index is 2.85. The molecule has 0 bridgehead atoms. The molecule has 0 spiro atoms. The summed E-state index contributed by atoms with van der Waals surface area (Å²) in [5.74, 6) is -0.234. The van der Waals surface area contributed by atoms with Gasteiger partial charge in [0, 0.05) is 12.4 Å². The average molecular weight is 288 g/mol. The van der Waals surface area contributed by atoms with Crippen molar-refractivity contribution in [2.75, 3.05) is 19.5 Å². The van der Waals surface area contributed by atoms with Crippen LogP contribution in [0.5, 0.6) is 0 Å². The number of carbonyl (C=O) groups excluding carboxylic acids is 1. The van der Waals surface area contributed by atoms with Crippen molar-refractivity contribution in [2.45, 2.75) is 30.1 Å². The zero-order chi connectivity index (χ0) is 13.1. The molecule has 8 heteroatoms. The normalized spacial score (nSPS) is 29.2. The van der Waals surface area contributed by atoms with Gasteiger partial charge < -0.3 is 10.1 Å². The monoisotopic (exact) mass is 287 g/mol. The zero-order valence-electron chi connectivity index (χ0n) is 9.41. The predicted molar refractivity (Wildman–Crippen MR) is 61.1 cm³/mol. The number of rotatable bonds is 5. The van der Waals surface area contributed by atoms with E-state index in [4.69, 9.17) is 11.6 Å². The fourth-order valence-electron chi connectivity index (χ4n) is 2.05. The van der Waals surface area contributed by atoms with Gasteiger partial charge in [-0.15, -0.1) is 15.5 Å². The van der Waals surface area contributed by atoms with E-state index in [0.717, 1.165) is 0 Å². The van der Waals surface area contributed by atoms with Crippen molar-refractivity contribution in [1.29, 1.82) is 0 Å². The summed E-state index contributed by atoms with van der Waals surface area (Å²) in [6.45, 7) is -0.0871. The summed E-state index contributed by atoms with van der Waals surface area (Å²) in [6, 6.07) is 0. The second-order valence-electron chi connectivity index (χ2n) is 4.05. The molecule has 1 aliphatic rings. The topological polar surface area (TPSA) is 72.5 Å². The van der Waals surface area contributed by atoms with Gasteiger partial charge in [0.2, 0.25) is 0 Å². The molecule has 0 aromatic carbocycles. The number of nitrogens with one attached hydrogen (secondary N) is 1. The lowest BCUT2D eigenvalue weighted by molar-refractivity contribution is -0.148. The van der Waals surface area contributed by atoms with E-state index in [9.17, 15) is 17.1 Å². The number of methoxy groups -OCH3 is 1. The highest BCUT2D eigenvalue weighted by Gasteiger charge is 2.49. The van der Waals surface area contributed by atoms with Crippen molar-refractivity contribution in [3.05, 3.63) is 0 Å². The van der Waals surface area contributed by atoms with Crippen LogP contribution in [0.25, 0.3) is 0 Å². The minimum Gasteiger partial charge on any atom is -0.468 e. The van der Waals surface area contributed by atoms with Crippen molar-refractivity contribution >= 4 is 27.8 Å². The Morgan fingerprint density at radius 1 is 1.65 bits per heavy atom. The van der Waals surface area contributed by atoms with Crippen molar-refractivity contribution < 1.29 is 21.8 Å². The first-order valence-electron chi connectivity index (χ1n) is 5.18. The standard InChI is InChI=1S/C9H15ClFNO4S/c1-16-8(13)9(3-2-4-10)5-7(6-12-9)17(11,14)15/h7,12H,2-6H2,1H3/t7-,9+/m1/s1. The lowest BCUT2D eigenvalue weighted by Gasteiger charge is -2.25. The number of esters is 1. The summed E-state index contributed by atoms with van der Waals surface area (Å²) >= 11 is 5.54. The number of carbonyl (C=O) groups is 1. The highest BCUT2D eigenvalue weighted by molar-refractivity contribution is 7.87. The van der Waals surface area contributed by atoms with Crippen LogP contribution in [0.4, 0.5) is 3.89 Å². The first kappa shape index (κ1) is 14.7. The van der Waals surface area contributed by atoms with Crippen LogP contribution in [-0.2, 0) is 19.8 Å². The highest BCUT2D eigenvalue weighted by Crippen LogP contribution is 2.30. The van der Waals surface area contributed by atoms with Crippen LogP contribution in [0.1, 0.15) is 19.3 Å². The van der Waals surface area contributed by atoms with E-state index in [-0.39, 0.29) is 13.0 Å². The first-order chi connectivity index (χ1) is 7.85. The maximum atomic E-state index is 12.9. The maximum Gasteiger partial charge on any atom is 0.326 e. The van der Waals surface area contributed by atoms with Gasteiger partial charge in [-0.2, -0.15) is 8.42 Å². The van der Waals surface area contributed by atoms with Crippen LogP contribution in [0.3, 0.4) is 0 Å². The molecule has 0 unspecified atom stereocenters. The molecule has 0 aliphatic carbocycles. The molecule has 17 heavy (non-hydrogen) atoms. The number of hydrogen-bond acceptors (Lipinski definition) is 5. The molecule has 0 radical (unpaired) electrons. The number of halogens is 2. The van der Waals surface area contributed by atoms with E-state index in [1.54, 1.807) is 0 Å². The molecule has 100 valence electrons. The molecule has 0 amide bonds. The Bertz CT molecular complexity index is 388. The minimum atomic E-state index is -4.64.